The molecule has 0 aromatic carbocycles. The summed E-state index contributed by atoms with van der Waals surface area (Å²) in [6, 6.07) is -0.744. The second kappa shape index (κ2) is 20.2. The van der Waals surface area contributed by atoms with Crippen LogP contribution in [-0.2, 0) is 9.59 Å². The maximum atomic E-state index is 12.0. The molecule has 1 unspecified atom stereocenters. The Labute approximate surface area is 180 Å². The quantitative estimate of drug-likeness (QED) is 0.235. The van der Waals surface area contributed by atoms with Crippen molar-refractivity contribution in [1.82, 2.24) is 10.2 Å². The molecule has 5 nitrogen and oxygen atoms in total. The lowest BCUT2D eigenvalue weighted by atomic mass is 10.0. The van der Waals surface area contributed by atoms with Crippen LogP contribution in [0.4, 0.5) is 0 Å². The summed E-state index contributed by atoms with van der Waals surface area (Å²) in [6.45, 7) is 3.20. The Morgan fingerprint density at radius 3 is 1.69 bits per heavy atom. The smallest absolute Gasteiger partial charge is 0.326 e. The first-order valence-electron chi connectivity index (χ1n) is 12.1. The molecule has 172 valence electrons. The first kappa shape index (κ1) is 27.9. The molecule has 0 aliphatic carbocycles. The van der Waals surface area contributed by atoms with Gasteiger partial charge in [-0.15, -0.1) is 0 Å². The van der Waals surface area contributed by atoms with Gasteiger partial charge in [0.15, 0.2) is 0 Å². The summed E-state index contributed by atoms with van der Waals surface area (Å²) in [4.78, 5) is 25.4. The van der Waals surface area contributed by atoms with Gasteiger partial charge in [0.05, 0.1) is 0 Å². The standard InChI is InChI=1S/C24H48N2O3/c1-4-5-6-7-8-9-10-11-12-13-14-15-16-20-23(27)25-22(24(28)29)19-17-18-21-26(2)3/h22H,4-21H2,1-3H3,(H,25,27)(H,28,29). The van der Waals surface area contributed by atoms with Crippen molar-refractivity contribution in [2.75, 3.05) is 20.6 Å². The number of aliphatic carboxylic acids is 1. The highest BCUT2D eigenvalue weighted by molar-refractivity contribution is 5.83. The number of unbranched alkanes of at least 4 members (excludes halogenated alkanes) is 13. The van der Waals surface area contributed by atoms with Crippen molar-refractivity contribution in [3.05, 3.63) is 0 Å². The van der Waals surface area contributed by atoms with Gasteiger partial charge >= 0.3 is 5.97 Å². The minimum atomic E-state index is -0.923. The van der Waals surface area contributed by atoms with E-state index in [1.807, 2.05) is 14.1 Å². The molecule has 0 fully saturated rings. The van der Waals surface area contributed by atoms with Crippen LogP contribution in [0.1, 0.15) is 116 Å². The third kappa shape index (κ3) is 20.0. The number of rotatable bonds is 21. The Kier molecular flexibility index (Phi) is 19.4. The average Bonchev–Trinajstić information content (AvgIpc) is 2.67. The summed E-state index contributed by atoms with van der Waals surface area (Å²) in [7, 11) is 4.01. The largest absolute Gasteiger partial charge is 0.480 e. The van der Waals surface area contributed by atoms with Gasteiger partial charge in [-0.3, -0.25) is 4.79 Å². The fraction of sp³-hybridized carbons (Fsp3) is 0.917. The van der Waals surface area contributed by atoms with Crippen molar-refractivity contribution in [2.45, 2.75) is 122 Å². The summed E-state index contributed by atoms with van der Waals surface area (Å²) in [6.07, 6.45) is 19.3. The van der Waals surface area contributed by atoms with Crippen LogP contribution in [0.25, 0.3) is 0 Å². The summed E-state index contributed by atoms with van der Waals surface area (Å²) >= 11 is 0. The molecular formula is C24H48N2O3. The molecule has 29 heavy (non-hydrogen) atoms. The molecule has 0 saturated carbocycles. The van der Waals surface area contributed by atoms with E-state index < -0.39 is 12.0 Å². The van der Waals surface area contributed by atoms with Gasteiger partial charge in [0, 0.05) is 6.42 Å². The maximum absolute atomic E-state index is 12.0. The number of nitrogens with one attached hydrogen (secondary N) is 1. The van der Waals surface area contributed by atoms with Crippen molar-refractivity contribution in [3.8, 4) is 0 Å². The van der Waals surface area contributed by atoms with E-state index in [9.17, 15) is 14.7 Å². The van der Waals surface area contributed by atoms with Crippen LogP contribution in [0.5, 0.6) is 0 Å². The minimum absolute atomic E-state index is 0.118. The van der Waals surface area contributed by atoms with Gasteiger partial charge in [-0.05, 0) is 46.3 Å². The molecule has 0 aliphatic rings. The molecule has 0 heterocycles. The fourth-order valence-electron chi connectivity index (χ4n) is 3.60. The second-order valence-corrected chi connectivity index (χ2v) is 8.75. The highest BCUT2D eigenvalue weighted by atomic mass is 16.4. The third-order valence-corrected chi connectivity index (χ3v) is 5.49. The van der Waals surface area contributed by atoms with Crippen LogP contribution >= 0.6 is 0 Å². The molecule has 2 N–H and O–H groups in total. The van der Waals surface area contributed by atoms with E-state index in [1.54, 1.807) is 0 Å². The second-order valence-electron chi connectivity index (χ2n) is 8.75. The molecule has 0 aromatic rings. The van der Waals surface area contributed by atoms with Crippen molar-refractivity contribution in [3.63, 3.8) is 0 Å². The fourth-order valence-corrected chi connectivity index (χ4v) is 3.60. The van der Waals surface area contributed by atoms with Crippen molar-refractivity contribution in [2.24, 2.45) is 0 Å². The summed E-state index contributed by atoms with van der Waals surface area (Å²) < 4.78 is 0. The summed E-state index contributed by atoms with van der Waals surface area (Å²) in [5, 5.41) is 12.0. The van der Waals surface area contributed by atoms with Gasteiger partial charge in [0.1, 0.15) is 6.04 Å². The first-order valence-corrected chi connectivity index (χ1v) is 12.1. The molecule has 0 saturated heterocycles. The van der Waals surface area contributed by atoms with E-state index >= 15 is 0 Å². The van der Waals surface area contributed by atoms with Crippen LogP contribution in [0.15, 0.2) is 0 Å². The maximum Gasteiger partial charge on any atom is 0.326 e. The minimum Gasteiger partial charge on any atom is -0.480 e. The van der Waals surface area contributed by atoms with E-state index in [-0.39, 0.29) is 5.91 Å². The first-order chi connectivity index (χ1) is 14.0. The van der Waals surface area contributed by atoms with Crippen LogP contribution < -0.4 is 5.32 Å². The number of carbonyl (C=O) groups is 2. The van der Waals surface area contributed by atoms with E-state index in [2.05, 4.69) is 17.1 Å². The van der Waals surface area contributed by atoms with Gasteiger partial charge in [0.2, 0.25) is 5.91 Å². The molecule has 0 radical (unpaired) electrons. The SMILES string of the molecule is CCCCCCCCCCCCCCCC(=O)NC(CCCCN(C)C)C(=O)O. The zero-order valence-corrected chi connectivity index (χ0v) is 19.5. The van der Waals surface area contributed by atoms with E-state index in [0.29, 0.717) is 12.8 Å². The molecule has 0 rings (SSSR count). The molecule has 0 spiro atoms. The van der Waals surface area contributed by atoms with Crippen LogP contribution in [0.2, 0.25) is 0 Å². The number of carbonyl (C=O) groups excluding carboxylic acids is 1. The Morgan fingerprint density at radius 2 is 1.24 bits per heavy atom. The molecule has 0 aliphatic heterocycles. The lowest BCUT2D eigenvalue weighted by Crippen LogP contribution is -2.40. The molecule has 5 heteroatoms. The Morgan fingerprint density at radius 1 is 0.759 bits per heavy atom. The Bertz CT molecular complexity index is 400. The number of hydrogen-bond acceptors (Lipinski definition) is 3. The Balaban J connectivity index is 3.56. The van der Waals surface area contributed by atoms with Crippen molar-refractivity contribution >= 4 is 11.9 Å². The lowest BCUT2D eigenvalue weighted by molar-refractivity contribution is -0.142. The topological polar surface area (TPSA) is 69.6 Å². The highest BCUT2D eigenvalue weighted by Gasteiger charge is 2.19. The normalized spacial score (nSPS) is 12.3. The van der Waals surface area contributed by atoms with Gasteiger partial charge in [-0.1, -0.05) is 84.0 Å². The summed E-state index contributed by atoms with van der Waals surface area (Å²) in [5.74, 6) is -1.04. The predicted octanol–water partition coefficient (Wildman–Crippen LogP) is 5.77. The Hall–Kier alpha value is -1.10. The molecule has 0 aromatic heterocycles. The molecule has 1 amide bonds. The molecule has 0 bridgehead atoms. The van der Waals surface area contributed by atoms with Crippen LogP contribution in [0, 0.1) is 0 Å². The average molecular weight is 413 g/mol. The molecule has 1 atom stereocenters. The third-order valence-electron chi connectivity index (χ3n) is 5.49. The zero-order valence-electron chi connectivity index (χ0n) is 19.5. The monoisotopic (exact) mass is 412 g/mol. The number of nitrogens with zero attached hydrogens (tertiary/aromatic N) is 1. The zero-order chi connectivity index (χ0) is 21.7. The van der Waals surface area contributed by atoms with Crippen LogP contribution in [0.3, 0.4) is 0 Å². The van der Waals surface area contributed by atoms with Crippen molar-refractivity contribution < 1.29 is 14.7 Å². The van der Waals surface area contributed by atoms with E-state index in [0.717, 1.165) is 32.2 Å². The van der Waals surface area contributed by atoms with Gasteiger partial charge in [-0.25, -0.2) is 4.79 Å². The van der Waals surface area contributed by atoms with Gasteiger partial charge < -0.3 is 15.3 Å². The predicted molar refractivity (Wildman–Crippen MR) is 122 cm³/mol. The summed E-state index contributed by atoms with van der Waals surface area (Å²) in [5.41, 5.74) is 0. The number of amides is 1. The highest BCUT2D eigenvalue weighted by Crippen LogP contribution is 2.13. The molecular weight excluding hydrogens is 364 g/mol. The number of carboxylic acid groups (broad SMARTS) is 1. The van der Waals surface area contributed by atoms with Gasteiger partial charge in [0.25, 0.3) is 0 Å². The van der Waals surface area contributed by atoms with Crippen LogP contribution in [-0.4, -0.2) is 48.6 Å². The lowest BCUT2D eigenvalue weighted by Gasteiger charge is -2.15. The van der Waals surface area contributed by atoms with E-state index in [1.165, 1.54) is 70.6 Å². The van der Waals surface area contributed by atoms with Gasteiger partial charge in [-0.2, -0.15) is 0 Å². The van der Waals surface area contributed by atoms with Crippen molar-refractivity contribution in [1.29, 1.82) is 0 Å². The number of hydrogen-bond donors (Lipinski definition) is 2. The van der Waals surface area contributed by atoms with E-state index in [4.69, 9.17) is 0 Å². The number of carboxylic acids is 1.